The minimum Gasteiger partial charge on any atom is -0.380 e. The fourth-order valence-electron chi connectivity index (χ4n) is 3.44. The van der Waals surface area contributed by atoms with Crippen molar-refractivity contribution < 1.29 is 22.4 Å². The second-order valence-corrected chi connectivity index (χ2v) is 7.44. The van der Waals surface area contributed by atoms with E-state index in [0.717, 1.165) is 17.7 Å². The zero-order chi connectivity index (χ0) is 24.0. The second kappa shape index (κ2) is 10.6. The van der Waals surface area contributed by atoms with Gasteiger partial charge in [0.1, 0.15) is 0 Å². The summed E-state index contributed by atoms with van der Waals surface area (Å²) < 4.78 is 51.6. The third-order valence-electron chi connectivity index (χ3n) is 5.15. The minimum atomic E-state index is -4.42. The predicted molar refractivity (Wildman–Crippen MR) is 116 cm³/mol. The number of hydrogen-bond acceptors (Lipinski definition) is 7. The fourth-order valence-corrected chi connectivity index (χ4v) is 3.44. The first-order valence-corrected chi connectivity index (χ1v) is 10.7. The lowest BCUT2D eigenvalue weighted by Crippen LogP contribution is -2.26. The van der Waals surface area contributed by atoms with Crippen LogP contribution in [0.5, 0.6) is 0 Å². The monoisotopic (exact) mass is 472 g/mol. The van der Waals surface area contributed by atoms with Crippen LogP contribution in [0, 0.1) is 0 Å². The van der Waals surface area contributed by atoms with Crippen molar-refractivity contribution in [2.45, 2.75) is 32.2 Å². The number of aromatic nitrogens is 5. The largest absolute Gasteiger partial charge is 0.416 e. The Balaban J connectivity index is 1.57. The summed E-state index contributed by atoms with van der Waals surface area (Å²) in [5, 5.41) is 19.3. The molecule has 178 valence electrons. The Hall–Kier alpha value is -3.57. The number of nitrogens with one attached hydrogen (secondary N) is 1. The van der Waals surface area contributed by atoms with Gasteiger partial charge in [0.15, 0.2) is 11.6 Å². The van der Waals surface area contributed by atoms with Gasteiger partial charge in [0.05, 0.1) is 30.5 Å². The normalized spacial score (nSPS) is 12.7. The molecular weight excluding hydrogens is 449 g/mol. The Labute approximate surface area is 193 Å². The van der Waals surface area contributed by atoms with Crippen molar-refractivity contribution in [1.82, 2.24) is 30.7 Å². The van der Waals surface area contributed by atoms with E-state index in [1.165, 1.54) is 12.1 Å². The van der Waals surface area contributed by atoms with E-state index in [2.05, 4.69) is 26.0 Å². The highest BCUT2D eigenvalue weighted by atomic mass is 19.4. The van der Waals surface area contributed by atoms with Crippen LogP contribution >= 0.6 is 0 Å². The van der Waals surface area contributed by atoms with Crippen molar-refractivity contribution in [3.8, 4) is 11.3 Å². The number of tetrazole rings is 1. The maximum Gasteiger partial charge on any atom is 0.416 e. The third kappa shape index (κ3) is 5.67. The van der Waals surface area contributed by atoms with E-state index in [1.807, 2.05) is 43.3 Å². The molecule has 1 unspecified atom stereocenters. The standard InChI is InChI=1S/C23H23F3N6O2/c1-2-33-13-12-32-22(28-30-31-32)21(17-8-10-18(11-9-17)23(24,25)26)27-15-19-14-20(34-29-19)16-6-4-3-5-7-16/h3-11,14,21,27H,2,12-13,15H2,1H3. The second-order valence-electron chi connectivity index (χ2n) is 7.44. The summed E-state index contributed by atoms with van der Waals surface area (Å²) >= 11 is 0. The van der Waals surface area contributed by atoms with E-state index in [4.69, 9.17) is 9.26 Å². The van der Waals surface area contributed by atoms with Crippen molar-refractivity contribution in [2.75, 3.05) is 13.2 Å². The van der Waals surface area contributed by atoms with Crippen molar-refractivity contribution >= 4 is 0 Å². The molecule has 0 bridgehead atoms. The molecule has 0 saturated carbocycles. The lowest BCUT2D eigenvalue weighted by atomic mass is 10.0. The Bertz CT molecular complexity index is 1180. The molecule has 34 heavy (non-hydrogen) atoms. The molecule has 2 aromatic carbocycles. The molecule has 2 aromatic heterocycles. The smallest absolute Gasteiger partial charge is 0.380 e. The van der Waals surface area contributed by atoms with Gasteiger partial charge in [0.25, 0.3) is 0 Å². The summed E-state index contributed by atoms with van der Waals surface area (Å²) in [6, 6.07) is 15.7. The van der Waals surface area contributed by atoms with Crippen molar-refractivity contribution in [3.05, 3.63) is 83.3 Å². The molecular formula is C23H23F3N6O2. The van der Waals surface area contributed by atoms with Crippen molar-refractivity contribution in [1.29, 1.82) is 0 Å². The summed E-state index contributed by atoms with van der Waals surface area (Å²) in [6.07, 6.45) is -4.42. The number of benzene rings is 2. The molecule has 4 rings (SSSR count). The van der Waals surface area contributed by atoms with Crippen LogP contribution in [0.25, 0.3) is 11.3 Å². The summed E-state index contributed by atoms with van der Waals surface area (Å²) in [6.45, 7) is 3.51. The Kier molecular flexibility index (Phi) is 7.33. The highest BCUT2D eigenvalue weighted by Gasteiger charge is 2.31. The van der Waals surface area contributed by atoms with Gasteiger partial charge >= 0.3 is 6.18 Å². The quantitative estimate of drug-likeness (QED) is 0.345. The molecule has 0 aliphatic carbocycles. The van der Waals surface area contributed by atoms with Gasteiger partial charge in [-0.05, 0) is 35.0 Å². The van der Waals surface area contributed by atoms with Gasteiger partial charge in [-0.15, -0.1) is 5.10 Å². The summed E-state index contributed by atoms with van der Waals surface area (Å²) in [7, 11) is 0. The SMILES string of the molecule is CCOCCn1nnnc1C(NCc1cc(-c2ccccc2)on1)c1ccc(C(F)(F)F)cc1. The Morgan fingerprint density at radius 2 is 1.85 bits per heavy atom. The first-order valence-electron chi connectivity index (χ1n) is 10.7. The number of alkyl halides is 3. The molecule has 4 aromatic rings. The maximum atomic E-state index is 13.1. The molecule has 0 aliphatic heterocycles. The van der Waals surface area contributed by atoms with Crippen molar-refractivity contribution in [3.63, 3.8) is 0 Å². The van der Waals surface area contributed by atoms with Crippen LogP contribution in [0.4, 0.5) is 13.2 Å². The van der Waals surface area contributed by atoms with Gasteiger partial charge in [-0.25, -0.2) is 4.68 Å². The van der Waals surface area contributed by atoms with Crippen LogP contribution in [-0.2, 0) is 24.0 Å². The highest BCUT2D eigenvalue weighted by molar-refractivity contribution is 5.56. The Morgan fingerprint density at radius 1 is 1.09 bits per heavy atom. The van der Waals surface area contributed by atoms with Gasteiger partial charge < -0.3 is 9.26 Å². The Morgan fingerprint density at radius 3 is 2.56 bits per heavy atom. The molecule has 1 N–H and O–H groups in total. The number of hydrogen-bond donors (Lipinski definition) is 1. The lowest BCUT2D eigenvalue weighted by molar-refractivity contribution is -0.137. The van der Waals surface area contributed by atoms with E-state index in [0.29, 0.717) is 42.6 Å². The maximum absolute atomic E-state index is 13.1. The average molecular weight is 472 g/mol. The van der Waals surface area contributed by atoms with Crippen LogP contribution in [-0.4, -0.2) is 38.6 Å². The van der Waals surface area contributed by atoms with Gasteiger partial charge in [0.2, 0.25) is 0 Å². The number of rotatable bonds is 10. The molecule has 2 heterocycles. The summed E-state index contributed by atoms with van der Waals surface area (Å²) in [5.74, 6) is 1.07. The first-order chi connectivity index (χ1) is 16.5. The zero-order valence-corrected chi connectivity index (χ0v) is 18.4. The third-order valence-corrected chi connectivity index (χ3v) is 5.15. The van der Waals surface area contributed by atoms with Crippen LogP contribution in [0.3, 0.4) is 0 Å². The van der Waals surface area contributed by atoms with E-state index in [9.17, 15) is 13.2 Å². The number of halogens is 3. The average Bonchev–Trinajstić information content (AvgIpc) is 3.50. The van der Waals surface area contributed by atoms with Crippen LogP contribution in [0.2, 0.25) is 0 Å². The van der Waals surface area contributed by atoms with Crippen LogP contribution in [0.15, 0.2) is 65.2 Å². The molecule has 11 heteroatoms. The summed E-state index contributed by atoms with van der Waals surface area (Å²) in [4.78, 5) is 0. The van der Waals surface area contributed by atoms with Gasteiger partial charge in [-0.3, -0.25) is 5.32 Å². The molecule has 0 saturated heterocycles. The van der Waals surface area contributed by atoms with E-state index in [-0.39, 0.29) is 6.54 Å². The molecule has 0 amide bonds. The molecule has 8 nitrogen and oxygen atoms in total. The molecule has 0 aliphatic rings. The van der Waals surface area contributed by atoms with Crippen LogP contribution in [0.1, 0.15) is 35.6 Å². The van der Waals surface area contributed by atoms with Gasteiger partial charge in [0, 0.05) is 24.8 Å². The molecule has 0 fully saturated rings. The number of nitrogens with zero attached hydrogens (tertiary/aromatic N) is 5. The molecule has 0 spiro atoms. The van der Waals surface area contributed by atoms with Crippen LogP contribution < -0.4 is 5.32 Å². The lowest BCUT2D eigenvalue weighted by Gasteiger charge is -2.19. The van der Waals surface area contributed by atoms with Gasteiger partial charge in [-0.1, -0.05) is 47.6 Å². The topological polar surface area (TPSA) is 90.9 Å². The van der Waals surface area contributed by atoms with Crippen molar-refractivity contribution in [2.24, 2.45) is 0 Å². The number of ether oxygens (including phenoxy) is 1. The highest BCUT2D eigenvalue weighted by Crippen LogP contribution is 2.31. The predicted octanol–water partition coefficient (Wildman–Crippen LogP) is 4.26. The van der Waals surface area contributed by atoms with E-state index in [1.54, 1.807) is 4.68 Å². The van der Waals surface area contributed by atoms with E-state index >= 15 is 0 Å². The fraction of sp³-hybridized carbons (Fsp3) is 0.304. The van der Waals surface area contributed by atoms with E-state index < -0.39 is 17.8 Å². The first kappa shape index (κ1) is 23.6. The molecule has 0 radical (unpaired) electrons. The summed E-state index contributed by atoms with van der Waals surface area (Å²) in [5.41, 5.74) is 1.37. The molecule has 1 atom stereocenters. The minimum absolute atomic E-state index is 0.278. The zero-order valence-electron chi connectivity index (χ0n) is 18.4. The van der Waals surface area contributed by atoms with Gasteiger partial charge in [-0.2, -0.15) is 13.2 Å².